The molecule has 138 valence electrons. The lowest BCUT2D eigenvalue weighted by Crippen LogP contribution is -2.43. The monoisotopic (exact) mass is 378 g/mol. The summed E-state index contributed by atoms with van der Waals surface area (Å²) in [6.45, 7) is 5.58. The number of likely N-dealkylation sites (N-methyl/N-ethyl adjacent to an activating group) is 1. The van der Waals surface area contributed by atoms with Crippen LogP contribution in [0.3, 0.4) is 0 Å². The van der Waals surface area contributed by atoms with Crippen LogP contribution < -0.4 is 0 Å². The van der Waals surface area contributed by atoms with E-state index in [0.717, 1.165) is 66.6 Å². The summed E-state index contributed by atoms with van der Waals surface area (Å²) in [5.41, 5.74) is 7.35. The first-order valence-electron chi connectivity index (χ1n) is 9.37. The van der Waals surface area contributed by atoms with E-state index in [1.165, 1.54) is 33.6 Å². The Kier molecular flexibility index (Phi) is 4.19. The van der Waals surface area contributed by atoms with Gasteiger partial charge in [-0.15, -0.1) is 11.3 Å². The molecule has 0 atom stereocenters. The van der Waals surface area contributed by atoms with Gasteiger partial charge in [-0.25, -0.2) is 0 Å². The molecule has 5 rings (SSSR count). The highest BCUT2D eigenvalue weighted by Crippen LogP contribution is 2.41. The van der Waals surface area contributed by atoms with E-state index in [1.807, 2.05) is 12.1 Å². The Bertz CT molecular complexity index is 998. The Hall–Kier alpha value is -2.28. The van der Waals surface area contributed by atoms with Gasteiger partial charge in [0.05, 0.1) is 21.1 Å². The molecule has 27 heavy (non-hydrogen) atoms. The fraction of sp³-hybridized carbons (Fsp3) is 0.333. The van der Waals surface area contributed by atoms with Crippen molar-refractivity contribution in [2.75, 3.05) is 33.2 Å². The summed E-state index contributed by atoms with van der Waals surface area (Å²) in [5.74, 6) is 0. The average Bonchev–Trinajstić information content (AvgIpc) is 3.37. The molecule has 1 aliphatic heterocycles. The summed E-state index contributed by atoms with van der Waals surface area (Å²) >= 11 is 1.51. The van der Waals surface area contributed by atoms with Crippen molar-refractivity contribution in [1.29, 1.82) is 0 Å². The van der Waals surface area contributed by atoms with Crippen molar-refractivity contribution >= 4 is 17.6 Å². The fourth-order valence-corrected chi connectivity index (χ4v) is 4.94. The Balaban J connectivity index is 1.39. The highest BCUT2D eigenvalue weighted by atomic mass is 32.1. The quantitative estimate of drug-likeness (QED) is 0.554. The molecule has 0 bridgehead atoms. The number of benzene rings is 1. The molecule has 6 heteroatoms. The van der Waals surface area contributed by atoms with Crippen LogP contribution in [0.15, 0.2) is 30.3 Å². The molecular weight excluding hydrogens is 356 g/mol. The van der Waals surface area contributed by atoms with Gasteiger partial charge in [0.1, 0.15) is 0 Å². The summed E-state index contributed by atoms with van der Waals surface area (Å²) in [4.78, 5) is 17.8. The van der Waals surface area contributed by atoms with E-state index in [9.17, 15) is 4.79 Å². The van der Waals surface area contributed by atoms with E-state index >= 15 is 0 Å². The zero-order valence-corrected chi connectivity index (χ0v) is 16.2. The van der Waals surface area contributed by atoms with E-state index in [0.29, 0.717) is 0 Å². The van der Waals surface area contributed by atoms with Crippen LogP contribution in [0.5, 0.6) is 0 Å². The first-order valence-corrected chi connectivity index (χ1v) is 10.2. The van der Waals surface area contributed by atoms with Gasteiger partial charge in [0.15, 0.2) is 6.29 Å². The number of fused-ring (bicyclic) bond motifs is 3. The lowest BCUT2D eigenvalue weighted by molar-refractivity contribution is 0.112. The second-order valence-corrected chi connectivity index (χ2v) is 8.61. The number of carbonyl (C=O) groups excluding carboxylic acids is 1. The van der Waals surface area contributed by atoms with Crippen LogP contribution >= 0.6 is 11.3 Å². The largest absolute Gasteiger partial charge is 0.304 e. The Morgan fingerprint density at radius 3 is 2.81 bits per heavy atom. The van der Waals surface area contributed by atoms with Gasteiger partial charge in [0.2, 0.25) is 0 Å². The lowest BCUT2D eigenvalue weighted by atomic mass is 10.0. The summed E-state index contributed by atoms with van der Waals surface area (Å²) in [5, 5.41) is 7.77. The van der Waals surface area contributed by atoms with Gasteiger partial charge in [-0.05, 0) is 30.3 Å². The van der Waals surface area contributed by atoms with E-state index in [2.05, 4.69) is 45.2 Å². The van der Waals surface area contributed by atoms with Crippen LogP contribution in [-0.4, -0.2) is 59.5 Å². The molecule has 3 heterocycles. The molecule has 0 amide bonds. The van der Waals surface area contributed by atoms with Crippen molar-refractivity contribution in [3.63, 3.8) is 0 Å². The van der Waals surface area contributed by atoms with Crippen LogP contribution in [0.4, 0.5) is 0 Å². The number of thiophene rings is 1. The minimum absolute atomic E-state index is 0.748. The molecule has 2 aromatic heterocycles. The van der Waals surface area contributed by atoms with Crippen molar-refractivity contribution in [2.45, 2.75) is 13.0 Å². The molecule has 1 saturated heterocycles. The summed E-state index contributed by atoms with van der Waals surface area (Å²) in [6, 6.07) is 10.7. The third kappa shape index (κ3) is 3.04. The van der Waals surface area contributed by atoms with E-state index < -0.39 is 0 Å². The van der Waals surface area contributed by atoms with E-state index in [-0.39, 0.29) is 0 Å². The van der Waals surface area contributed by atoms with Crippen LogP contribution in [0.25, 0.3) is 21.8 Å². The van der Waals surface area contributed by atoms with Gasteiger partial charge in [-0.1, -0.05) is 18.2 Å². The van der Waals surface area contributed by atoms with Gasteiger partial charge in [0.25, 0.3) is 0 Å². The highest BCUT2D eigenvalue weighted by Gasteiger charge is 2.26. The standard InChI is InChI=1S/C21H22N4OS/c1-24-6-8-25(9-7-24)12-14-2-4-17-15(10-14)11-18-20(17)22-23-21(18)19-5-3-16(13-26)27-19/h2-5,10,13H,6-9,11-12H2,1H3,(H,22,23). The van der Waals surface area contributed by atoms with Gasteiger partial charge < -0.3 is 4.90 Å². The Labute approximate surface area is 162 Å². The number of aldehydes is 1. The molecule has 2 aliphatic rings. The van der Waals surface area contributed by atoms with Gasteiger partial charge in [-0.3, -0.25) is 14.8 Å². The molecule has 1 N–H and O–H groups in total. The lowest BCUT2D eigenvalue weighted by Gasteiger charge is -2.32. The molecule has 1 fully saturated rings. The maximum Gasteiger partial charge on any atom is 0.160 e. The number of carbonyl (C=O) groups is 1. The Morgan fingerprint density at radius 1 is 1.19 bits per heavy atom. The van der Waals surface area contributed by atoms with Crippen LogP contribution in [0.2, 0.25) is 0 Å². The van der Waals surface area contributed by atoms with Gasteiger partial charge in [-0.2, -0.15) is 5.10 Å². The number of H-pyrrole nitrogens is 1. The van der Waals surface area contributed by atoms with E-state index in [1.54, 1.807) is 0 Å². The minimum atomic E-state index is 0.748. The first kappa shape index (κ1) is 16.9. The van der Waals surface area contributed by atoms with Gasteiger partial charge in [0, 0.05) is 50.3 Å². The fourth-order valence-electron chi connectivity index (χ4n) is 4.09. The Morgan fingerprint density at radius 2 is 2.04 bits per heavy atom. The number of nitrogens with one attached hydrogen (secondary N) is 1. The molecule has 0 saturated carbocycles. The SMILES string of the molecule is CN1CCN(Cc2ccc3c(c2)Cc2c-3n[nH]c2-c2ccc(C=O)s2)CC1. The van der Waals surface area contributed by atoms with Crippen LogP contribution in [0, 0.1) is 0 Å². The second kappa shape index (κ2) is 6.71. The van der Waals surface area contributed by atoms with Crippen molar-refractivity contribution in [3.05, 3.63) is 51.9 Å². The molecule has 5 nitrogen and oxygen atoms in total. The number of aromatic nitrogens is 2. The smallest absolute Gasteiger partial charge is 0.160 e. The number of hydrogen-bond acceptors (Lipinski definition) is 5. The molecule has 0 radical (unpaired) electrons. The van der Waals surface area contributed by atoms with Crippen molar-refractivity contribution in [1.82, 2.24) is 20.0 Å². The third-order valence-corrected chi connectivity index (χ3v) is 6.68. The molecule has 0 unspecified atom stereocenters. The van der Waals surface area contributed by atoms with Crippen molar-refractivity contribution < 1.29 is 4.79 Å². The normalized spacial score (nSPS) is 17.1. The van der Waals surface area contributed by atoms with Crippen molar-refractivity contribution in [2.24, 2.45) is 0 Å². The predicted octanol–water partition coefficient (Wildman–Crippen LogP) is 3.27. The maximum absolute atomic E-state index is 11.0. The van der Waals surface area contributed by atoms with Crippen LogP contribution in [-0.2, 0) is 13.0 Å². The maximum atomic E-state index is 11.0. The second-order valence-electron chi connectivity index (χ2n) is 7.49. The molecular formula is C21H22N4OS. The minimum Gasteiger partial charge on any atom is -0.304 e. The molecule has 0 spiro atoms. The average molecular weight is 379 g/mol. The number of nitrogens with zero attached hydrogens (tertiary/aromatic N) is 3. The highest BCUT2D eigenvalue weighted by molar-refractivity contribution is 7.17. The first-order chi connectivity index (χ1) is 13.2. The number of hydrogen-bond donors (Lipinski definition) is 1. The number of rotatable bonds is 4. The zero-order valence-electron chi connectivity index (χ0n) is 15.4. The summed E-state index contributed by atoms with van der Waals surface area (Å²) < 4.78 is 0. The van der Waals surface area contributed by atoms with E-state index in [4.69, 9.17) is 0 Å². The van der Waals surface area contributed by atoms with Gasteiger partial charge >= 0.3 is 0 Å². The molecule has 1 aromatic carbocycles. The number of aromatic amines is 1. The van der Waals surface area contributed by atoms with Crippen LogP contribution in [0.1, 0.15) is 26.4 Å². The molecule has 3 aromatic rings. The van der Waals surface area contributed by atoms with Crippen molar-refractivity contribution in [3.8, 4) is 21.8 Å². The topological polar surface area (TPSA) is 52.2 Å². The predicted molar refractivity (Wildman–Crippen MR) is 108 cm³/mol. The summed E-state index contributed by atoms with van der Waals surface area (Å²) in [7, 11) is 2.19. The summed E-state index contributed by atoms with van der Waals surface area (Å²) in [6.07, 6.45) is 1.81. The molecule has 1 aliphatic carbocycles. The third-order valence-electron chi connectivity index (χ3n) is 5.65. The number of piperazine rings is 1. The zero-order chi connectivity index (χ0) is 18.4.